The Kier molecular flexibility index (Phi) is 3.36. The maximum Gasteiger partial charge on any atom is 0.152 e. The summed E-state index contributed by atoms with van der Waals surface area (Å²) in [5, 5.41) is 8.45. The second-order valence-electron chi connectivity index (χ2n) is 6.70. The number of rotatable bonds is 3. The van der Waals surface area contributed by atoms with Crippen molar-refractivity contribution in [2.24, 2.45) is 5.92 Å². The lowest BCUT2D eigenvalue weighted by Gasteiger charge is -2.31. The molecule has 3 rings (SSSR count). The van der Waals surface area contributed by atoms with Gasteiger partial charge in [-0.05, 0) is 24.8 Å². The van der Waals surface area contributed by atoms with Crippen LogP contribution in [0.3, 0.4) is 0 Å². The third-order valence-corrected chi connectivity index (χ3v) is 4.25. The Labute approximate surface area is 124 Å². The topological polar surface area (TPSA) is 42.2 Å². The molecule has 0 saturated heterocycles. The quantitative estimate of drug-likeness (QED) is 0.881. The van der Waals surface area contributed by atoms with Gasteiger partial charge in [-0.25, -0.2) is 9.50 Å². The summed E-state index contributed by atoms with van der Waals surface area (Å²) in [6, 6.07) is 2.13. The number of aromatic nitrogens is 3. The van der Waals surface area contributed by atoms with Crippen LogP contribution in [0.2, 0.25) is 0 Å². The molecule has 2 heterocycles. The van der Waals surface area contributed by atoms with Gasteiger partial charge in [0.25, 0.3) is 0 Å². The van der Waals surface area contributed by atoms with E-state index in [0.29, 0.717) is 11.3 Å². The number of halogens is 1. The lowest BCUT2D eigenvalue weighted by molar-refractivity contribution is 0.341. The molecule has 0 bridgehead atoms. The zero-order chi connectivity index (χ0) is 14.3. The van der Waals surface area contributed by atoms with Crippen LogP contribution in [-0.4, -0.2) is 26.5 Å². The van der Waals surface area contributed by atoms with E-state index >= 15 is 0 Å². The van der Waals surface area contributed by atoms with Crippen LogP contribution >= 0.6 is 11.6 Å². The van der Waals surface area contributed by atoms with E-state index in [9.17, 15) is 0 Å². The second-order valence-corrected chi connectivity index (χ2v) is 7.32. The molecule has 0 spiro atoms. The predicted octanol–water partition coefficient (Wildman–Crippen LogP) is 3.46. The number of hydrogen-bond donors (Lipinski definition) is 1. The van der Waals surface area contributed by atoms with Crippen LogP contribution in [0.25, 0.3) is 5.52 Å². The number of alkyl halides is 1. The maximum atomic E-state index is 6.02. The van der Waals surface area contributed by atoms with E-state index in [4.69, 9.17) is 11.6 Å². The van der Waals surface area contributed by atoms with Crippen molar-refractivity contribution in [3.63, 3.8) is 0 Å². The molecule has 0 unspecified atom stereocenters. The maximum absolute atomic E-state index is 6.02. The summed E-state index contributed by atoms with van der Waals surface area (Å²) in [5.41, 5.74) is 2.17. The molecular weight excluding hydrogens is 272 g/mol. The molecule has 0 atom stereocenters. The first-order chi connectivity index (χ1) is 9.43. The highest BCUT2D eigenvalue weighted by atomic mass is 35.5. The fourth-order valence-electron chi connectivity index (χ4n) is 2.49. The van der Waals surface area contributed by atoms with Crippen molar-refractivity contribution in [1.82, 2.24) is 14.6 Å². The monoisotopic (exact) mass is 292 g/mol. The number of fused-ring (bicyclic) bond motifs is 1. The van der Waals surface area contributed by atoms with Crippen molar-refractivity contribution in [1.29, 1.82) is 0 Å². The van der Waals surface area contributed by atoms with E-state index in [2.05, 4.69) is 42.2 Å². The van der Waals surface area contributed by atoms with E-state index in [-0.39, 0.29) is 5.41 Å². The summed E-state index contributed by atoms with van der Waals surface area (Å²) in [7, 11) is 0. The minimum atomic E-state index is 0.0447. The molecule has 0 radical (unpaired) electrons. The van der Waals surface area contributed by atoms with Crippen LogP contribution in [0.4, 0.5) is 5.82 Å². The molecule has 0 aliphatic heterocycles. The van der Waals surface area contributed by atoms with Gasteiger partial charge in [-0.2, -0.15) is 5.10 Å². The van der Waals surface area contributed by atoms with Crippen LogP contribution in [-0.2, 0) is 5.41 Å². The van der Waals surface area contributed by atoms with Gasteiger partial charge in [-0.3, -0.25) is 0 Å². The van der Waals surface area contributed by atoms with E-state index in [1.165, 1.54) is 0 Å². The first-order valence-electron chi connectivity index (χ1n) is 7.16. The average molecular weight is 293 g/mol. The van der Waals surface area contributed by atoms with Gasteiger partial charge in [-0.15, -0.1) is 11.6 Å². The van der Waals surface area contributed by atoms with Gasteiger partial charge < -0.3 is 5.32 Å². The van der Waals surface area contributed by atoms with Crippen molar-refractivity contribution in [2.75, 3.05) is 11.9 Å². The van der Waals surface area contributed by atoms with Crippen LogP contribution in [0, 0.1) is 5.92 Å². The fraction of sp³-hybridized carbons (Fsp3) is 0.600. The standard InChI is InChI=1S/C15H21ClN4/c1-15(2,3)13-8-12-14(17-4-5-20(12)19-13)18-9-10-6-11(16)7-10/h4-5,8,10-11H,6-7,9H2,1-3H3,(H,17,18). The predicted molar refractivity (Wildman–Crippen MR) is 82.5 cm³/mol. The van der Waals surface area contributed by atoms with Crippen LogP contribution in [0.1, 0.15) is 39.3 Å². The number of anilines is 1. The minimum Gasteiger partial charge on any atom is -0.368 e. The minimum absolute atomic E-state index is 0.0447. The number of hydrogen-bond acceptors (Lipinski definition) is 3. The molecule has 1 N–H and O–H groups in total. The van der Waals surface area contributed by atoms with Gasteiger partial charge in [0.1, 0.15) is 5.52 Å². The molecule has 20 heavy (non-hydrogen) atoms. The highest BCUT2D eigenvalue weighted by molar-refractivity contribution is 6.21. The molecule has 0 amide bonds. The summed E-state index contributed by atoms with van der Waals surface area (Å²) < 4.78 is 1.90. The van der Waals surface area contributed by atoms with Crippen molar-refractivity contribution >= 4 is 22.9 Å². The smallest absolute Gasteiger partial charge is 0.152 e. The summed E-state index contributed by atoms with van der Waals surface area (Å²) in [6.07, 6.45) is 5.89. The Morgan fingerprint density at radius 2 is 2.15 bits per heavy atom. The van der Waals surface area contributed by atoms with E-state index in [1.54, 1.807) is 6.20 Å². The van der Waals surface area contributed by atoms with Gasteiger partial charge in [0.15, 0.2) is 5.82 Å². The molecule has 1 fully saturated rings. The summed E-state index contributed by atoms with van der Waals surface area (Å²) in [5.74, 6) is 1.58. The van der Waals surface area contributed by atoms with Crippen LogP contribution in [0.5, 0.6) is 0 Å². The lowest BCUT2D eigenvalue weighted by Crippen LogP contribution is -2.30. The molecular formula is C15H21ClN4. The SMILES string of the molecule is CC(C)(C)c1cc2c(NCC3CC(Cl)C3)nccn2n1. The summed E-state index contributed by atoms with van der Waals surface area (Å²) in [4.78, 5) is 4.45. The third kappa shape index (κ3) is 2.62. The average Bonchev–Trinajstić information content (AvgIpc) is 2.77. The van der Waals surface area contributed by atoms with Crippen molar-refractivity contribution in [2.45, 2.75) is 44.4 Å². The molecule has 2 aromatic rings. The molecule has 4 nitrogen and oxygen atoms in total. The Balaban J connectivity index is 1.81. The number of nitrogens with one attached hydrogen (secondary N) is 1. The van der Waals surface area contributed by atoms with E-state index < -0.39 is 0 Å². The Hall–Kier alpha value is -1.29. The normalized spacial score (nSPS) is 22.8. The number of nitrogens with zero attached hydrogens (tertiary/aromatic N) is 3. The molecule has 5 heteroatoms. The molecule has 2 aromatic heterocycles. The lowest BCUT2D eigenvalue weighted by atomic mass is 9.85. The summed E-state index contributed by atoms with van der Waals surface area (Å²) >= 11 is 6.02. The van der Waals surface area contributed by atoms with Gasteiger partial charge in [0, 0.05) is 29.7 Å². The Morgan fingerprint density at radius 1 is 1.40 bits per heavy atom. The van der Waals surface area contributed by atoms with Gasteiger partial charge in [0.05, 0.1) is 5.69 Å². The second kappa shape index (κ2) is 4.92. The molecule has 1 aliphatic rings. The van der Waals surface area contributed by atoms with Crippen molar-refractivity contribution < 1.29 is 0 Å². The largest absolute Gasteiger partial charge is 0.368 e. The first kappa shape index (κ1) is 13.7. The van der Waals surface area contributed by atoms with E-state index in [1.807, 2.05) is 10.7 Å². The molecule has 1 aliphatic carbocycles. The zero-order valence-corrected chi connectivity index (χ0v) is 13.0. The molecule has 1 saturated carbocycles. The highest BCUT2D eigenvalue weighted by Crippen LogP contribution is 2.32. The van der Waals surface area contributed by atoms with Gasteiger partial charge in [-0.1, -0.05) is 20.8 Å². The molecule has 0 aromatic carbocycles. The third-order valence-electron chi connectivity index (χ3n) is 3.89. The van der Waals surface area contributed by atoms with Gasteiger partial charge in [0.2, 0.25) is 0 Å². The van der Waals surface area contributed by atoms with E-state index in [0.717, 1.165) is 36.4 Å². The van der Waals surface area contributed by atoms with Crippen LogP contribution in [0.15, 0.2) is 18.5 Å². The highest BCUT2D eigenvalue weighted by Gasteiger charge is 2.27. The fourth-order valence-corrected chi connectivity index (χ4v) is 2.99. The Morgan fingerprint density at radius 3 is 2.80 bits per heavy atom. The molecule has 108 valence electrons. The van der Waals surface area contributed by atoms with Crippen molar-refractivity contribution in [3.05, 3.63) is 24.2 Å². The Bertz CT molecular complexity index is 608. The van der Waals surface area contributed by atoms with Crippen LogP contribution < -0.4 is 5.32 Å². The first-order valence-corrected chi connectivity index (χ1v) is 7.60. The van der Waals surface area contributed by atoms with Crippen molar-refractivity contribution in [3.8, 4) is 0 Å². The summed E-state index contributed by atoms with van der Waals surface area (Å²) in [6.45, 7) is 7.45. The zero-order valence-electron chi connectivity index (χ0n) is 12.2. The van der Waals surface area contributed by atoms with Gasteiger partial charge >= 0.3 is 0 Å².